The molecule has 358 valence electrons. The minimum absolute atomic E-state index is 0. The number of halogens is 4. The molecule has 0 saturated carbocycles. The highest BCUT2D eigenvalue weighted by molar-refractivity contribution is 6.00. The van der Waals surface area contributed by atoms with Crippen molar-refractivity contribution in [2.75, 3.05) is 26.2 Å². The van der Waals surface area contributed by atoms with E-state index >= 15 is 0 Å². The predicted molar refractivity (Wildman–Crippen MR) is 263 cm³/mol. The van der Waals surface area contributed by atoms with Crippen LogP contribution in [0.2, 0.25) is 0 Å². The van der Waals surface area contributed by atoms with E-state index in [1.807, 2.05) is 0 Å². The standard InChI is InChI=1S/C25H21F3N4O.C14H18N2.C11H8N2O2.3CH4.ClH/c26-25(27,28)21-6-2-1-4-19(21)16-24(17-29)9-14-32(15-10-24)23(33)20-5-3-11-31-22(20)18-7-12-30-13-8-18;1-12-4-2-3-5-13(12)10-14(11-15)6-8-16-9-7-14;14-11(15)9-2-1-5-13-10(9)8-3-6-12-7-4-8;;;;/h1-8,11-13H,9-10,14-16H2;2-5,16H,6-10H2,1H3;1-7H,(H,14,15);3*1H4;1H. The Morgan fingerprint density at radius 2 is 1.12 bits per heavy atom. The summed E-state index contributed by atoms with van der Waals surface area (Å²) in [6.45, 7) is 4.64. The summed E-state index contributed by atoms with van der Waals surface area (Å²) >= 11 is 0. The lowest BCUT2D eigenvalue weighted by Gasteiger charge is -2.38. The van der Waals surface area contributed by atoms with E-state index in [2.05, 4.69) is 68.6 Å². The summed E-state index contributed by atoms with van der Waals surface area (Å²) in [4.78, 5) is 42.1. The fourth-order valence-corrected chi connectivity index (χ4v) is 7.99. The van der Waals surface area contributed by atoms with Crippen LogP contribution in [0, 0.1) is 40.4 Å². The van der Waals surface area contributed by atoms with Crippen molar-refractivity contribution in [1.29, 1.82) is 10.5 Å². The number of hydrogen-bond acceptors (Lipinski definition) is 9. The molecule has 6 aromatic rings. The third-order valence-electron chi connectivity index (χ3n) is 11.7. The topological polar surface area (TPSA) is 169 Å². The maximum Gasteiger partial charge on any atom is 0.416 e. The molecule has 4 aromatic heterocycles. The average molecular weight is 950 g/mol. The number of nitriles is 2. The lowest BCUT2D eigenvalue weighted by atomic mass is 9.74. The quantitative estimate of drug-likeness (QED) is 0.150. The van der Waals surface area contributed by atoms with Crippen molar-refractivity contribution in [2.45, 2.75) is 73.9 Å². The molecule has 68 heavy (non-hydrogen) atoms. The molecule has 0 spiro atoms. The van der Waals surface area contributed by atoms with Crippen molar-refractivity contribution >= 4 is 24.3 Å². The molecule has 0 atom stereocenters. The Labute approximate surface area is 404 Å². The Kier molecular flexibility index (Phi) is 22.2. The number of rotatable bonds is 8. The van der Waals surface area contributed by atoms with Gasteiger partial charge in [0, 0.05) is 61.4 Å². The van der Waals surface area contributed by atoms with Crippen LogP contribution in [-0.4, -0.2) is 68.0 Å². The molecule has 2 aromatic carbocycles. The van der Waals surface area contributed by atoms with Crippen molar-refractivity contribution in [1.82, 2.24) is 30.2 Å². The van der Waals surface area contributed by atoms with Gasteiger partial charge in [-0.05, 0) is 130 Å². The fraction of sp³-hybridized carbons (Fsp3) is 0.321. The van der Waals surface area contributed by atoms with Crippen LogP contribution in [0.25, 0.3) is 22.5 Å². The number of carboxylic acids is 1. The molecule has 2 saturated heterocycles. The van der Waals surface area contributed by atoms with Crippen molar-refractivity contribution in [3.8, 4) is 34.7 Å². The second-order valence-electron chi connectivity index (χ2n) is 15.8. The zero-order chi connectivity index (χ0) is 45.6. The molecular formula is C53H60ClF3N8O3. The highest BCUT2D eigenvalue weighted by Gasteiger charge is 2.40. The minimum atomic E-state index is -4.48. The van der Waals surface area contributed by atoms with E-state index < -0.39 is 23.1 Å². The molecule has 2 N–H and O–H groups in total. The second kappa shape index (κ2) is 26.4. The SMILES string of the molecule is C.C.C.Cc1ccccc1CC1(C#N)CCNCC1.Cl.N#CC1(Cc2ccccc2C(F)(F)F)CCN(C(=O)c2cccnc2-c2ccncc2)CC1.O=C(O)c1cccnc1-c1ccncc1. The predicted octanol–water partition coefficient (Wildman–Crippen LogP) is 11.8. The molecular weight excluding hydrogens is 889 g/mol. The number of carbonyl (C=O) groups excluding carboxylic acids is 1. The summed E-state index contributed by atoms with van der Waals surface area (Å²) in [5.74, 6) is -1.19. The molecule has 0 radical (unpaired) electrons. The number of aromatic nitrogens is 4. The molecule has 11 nitrogen and oxygen atoms in total. The molecule has 0 unspecified atom stereocenters. The van der Waals surface area contributed by atoms with Crippen LogP contribution in [0.1, 0.15) is 90.9 Å². The average Bonchev–Trinajstić information content (AvgIpc) is 3.33. The van der Waals surface area contributed by atoms with Crippen molar-refractivity contribution in [2.24, 2.45) is 10.8 Å². The maximum atomic E-state index is 13.4. The van der Waals surface area contributed by atoms with E-state index in [9.17, 15) is 33.3 Å². The highest BCUT2D eigenvalue weighted by Crippen LogP contribution is 2.40. The van der Waals surface area contributed by atoms with Crippen LogP contribution in [0.5, 0.6) is 0 Å². The molecule has 15 heteroatoms. The zero-order valence-corrected chi connectivity index (χ0v) is 36.5. The Bertz CT molecular complexity index is 2610. The largest absolute Gasteiger partial charge is 0.478 e. The molecule has 2 fully saturated rings. The minimum Gasteiger partial charge on any atom is -0.478 e. The van der Waals surface area contributed by atoms with Gasteiger partial charge in [-0.2, -0.15) is 23.7 Å². The van der Waals surface area contributed by atoms with Crippen LogP contribution in [0.15, 0.2) is 134 Å². The van der Waals surface area contributed by atoms with Crippen molar-refractivity contribution < 1.29 is 27.9 Å². The van der Waals surface area contributed by atoms with Gasteiger partial charge in [0.1, 0.15) is 0 Å². The molecule has 8 rings (SSSR count). The number of aromatic carboxylic acids is 1. The summed E-state index contributed by atoms with van der Waals surface area (Å²) < 4.78 is 40.3. The van der Waals surface area contributed by atoms with Crippen molar-refractivity contribution in [3.05, 3.63) is 168 Å². The zero-order valence-electron chi connectivity index (χ0n) is 35.7. The molecule has 0 aliphatic carbocycles. The number of likely N-dealkylation sites (tertiary alicyclic amines) is 1. The number of carbonyl (C=O) groups is 2. The monoisotopic (exact) mass is 948 g/mol. The van der Waals surface area contributed by atoms with Gasteiger partial charge in [-0.1, -0.05) is 64.7 Å². The number of piperidine rings is 2. The third kappa shape index (κ3) is 14.5. The number of pyridine rings is 4. The Morgan fingerprint density at radius 3 is 1.62 bits per heavy atom. The van der Waals surface area contributed by atoms with Gasteiger partial charge in [0.25, 0.3) is 5.91 Å². The summed E-state index contributed by atoms with van der Waals surface area (Å²) in [7, 11) is 0. The third-order valence-corrected chi connectivity index (χ3v) is 11.7. The van der Waals surface area contributed by atoms with Gasteiger partial charge < -0.3 is 15.3 Å². The first kappa shape index (κ1) is 57.1. The smallest absolute Gasteiger partial charge is 0.416 e. The summed E-state index contributed by atoms with van der Waals surface area (Å²) in [6.07, 6.45) is 8.60. The first-order valence-corrected chi connectivity index (χ1v) is 20.8. The Balaban J connectivity index is 0.000000381. The fourth-order valence-electron chi connectivity index (χ4n) is 7.99. The first-order valence-electron chi connectivity index (χ1n) is 20.8. The van der Waals surface area contributed by atoms with Gasteiger partial charge in [-0.25, -0.2) is 4.79 Å². The summed E-state index contributed by atoms with van der Waals surface area (Å²) in [5, 5.41) is 31.6. The molecule has 2 aliphatic heterocycles. The molecule has 0 bridgehead atoms. The van der Waals surface area contributed by atoms with Crippen LogP contribution < -0.4 is 5.32 Å². The molecule has 2 aliphatic rings. The van der Waals surface area contributed by atoms with Gasteiger partial charge in [0.05, 0.1) is 51.0 Å². The second-order valence-corrected chi connectivity index (χ2v) is 15.8. The summed E-state index contributed by atoms with van der Waals surface area (Å²) in [5.41, 5.74) is 4.09. The van der Waals surface area contributed by atoms with E-state index in [0.717, 1.165) is 49.5 Å². The van der Waals surface area contributed by atoms with E-state index in [0.29, 0.717) is 29.8 Å². The van der Waals surface area contributed by atoms with Gasteiger partial charge in [-0.3, -0.25) is 24.7 Å². The van der Waals surface area contributed by atoms with Crippen LogP contribution in [-0.2, 0) is 19.0 Å². The van der Waals surface area contributed by atoms with E-state index in [1.54, 1.807) is 90.6 Å². The first-order chi connectivity index (χ1) is 30.9. The number of nitrogens with one attached hydrogen (secondary N) is 1. The number of amides is 1. The van der Waals surface area contributed by atoms with Crippen LogP contribution in [0.4, 0.5) is 13.2 Å². The van der Waals surface area contributed by atoms with E-state index in [4.69, 9.17) is 5.11 Å². The maximum absolute atomic E-state index is 13.4. The summed E-state index contributed by atoms with van der Waals surface area (Å²) in [6, 6.07) is 32.1. The Hall–Kier alpha value is -7.00. The van der Waals surface area contributed by atoms with Gasteiger partial charge >= 0.3 is 12.1 Å². The van der Waals surface area contributed by atoms with Crippen LogP contribution in [0.3, 0.4) is 0 Å². The number of nitrogens with zero attached hydrogens (tertiary/aromatic N) is 7. The number of benzene rings is 2. The number of aryl methyl sites for hydroxylation is 1. The van der Waals surface area contributed by atoms with Crippen molar-refractivity contribution in [3.63, 3.8) is 0 Å². The lowest BCUT2D eigenvalue weighted by Crippen LogP contribution is -2.43. The highest BCUT2D eigenvalue weighted by atomic mass is 35.5. The molecule has 6 heterocycles. The van der Waals surface area contributed by atoms with Gasteiger partial charge in [-0.15, -0.1) is 12.4 Å². The van der Waals surface area contributed by atoms with E-state index in [1.165, 1.54) is 29.3 Å². The van der Waals surface area contributed by atoms with Gasteiger partial charge in [0.2, 0.25) is 0 Å². The normalized spacial score (nSPS) is 14.2. The number of alkyl halides is 3. The van der Waals surface area contributed by atoms with Crippen LogP contribution >= 0.6 is 12.4 Å². The van der Waals surface area contributed by atoms with E-state index in [-0.39, 0.29) is 76.6 Å². The lowest BCUT2D eigenvalue weighted by molar-refractivity contribution is -0.138. The Morgan fingerprint density at radius 1 is 0.662 bits per heavy atom. The van der Waals surface area contributed by atoms with Gasteiger partial charge in [0.15, 0.2) is 0 Å². The number of hydrogen-bond donors (Lipinski definition) is 2. The number of carboxylic acid groups (broad SMARTS) is 1. The molecule has 1 amide bonds.